The van der Waals surface area contributed by atoms with Crippen LogP contribution >= 0.6 is 23.2 Å². The third-order valence-electron chi connectivity index (χ3n) is 5.88. The summed E-state index contributed by atoms with van der Waals surface area (Å²) in [5.41, 5.74) is 1.71. The van der Waals surface area contributed by atoms with Gasteiger partial charge in [-0.05, 0) is 55.6 Å². The van der Waals surface area contributed by atoms with Crippen molar-refractivity contribution in [3.63, 3.8) is 0 Å². The first-order valence-electron chi connectivity index (χ1n) is 10.3. The van der Waals surface area contributed by atoms with E-state index in [2.05, 4.69) is 5.32 Å². The normalized spacial score (nSPS) is 21.7. The Morgan fingerprint density at radius 3 is 2.70 bits per heavy atom. The Morgan fingerprint density at radius 1 is 1.10 bits per heavy atom. The number of halogens is 2. The highest BCUT2D eigenvalue weighted by Gasteiger charge is 2.34. The second kappa shape index (κ2) is 9.46. The largest absolute Gasteiger partial charge is 0.493 e. The molecule has 1 N–H and O–H groups in total. The zero-order valence-electron chi connectivity index (χ0n) is 17.0. The Morgan fingerprint density at radius 2 is 1.97 bits per heavy atom. The molecule has 2 aromatic carbocycles. The van der Waals surface area contributed by atoms with Gasteiger partial charge >= 0.3 is 0 Å². The molecule has 2 aromatic rings. The maximum Gasteiger partial charge on any atom is 0.234 e. The SMILES string of the molecule is COc1ccc(N2CCC(c3ccc(Cl)c(Cl)c3)C2=O)cc1OCC1CCCNC1. The fourth-order valence-electron chi connectivity index (χ4n) is 4.19. The molecule has 2 atom stereocenters. The van der Waals surface area contributed by atoms with Crippen LogP contribution in [-0.2, 0) is 4.79 Å². The van der Waals surface area contributed by atoms with E-state index in [1.165, 1.54) is 6.42 Å². The molecule has 2 fully saturated rings. The summed E-state index contributed by atoms with van der Waals surface area (Å²) in [5.74, 6) is 1.67. The second-order valence-electron chi connectivity index (χ2n) is 7.86. The van der Waals surface area contributed by atoms with Crippen molar-refractivity contribution < 1.29 is 14.3 Å². The van der Waals surface area contributed by atoms with Crippen molar-refractivity contribution in [2.24, 2.45) is 5.92 Å². The predicted molar refractivity (Wildman–Crippen MR) is 120 cm³/mol. The van der Waals surface area contributed by atoms with E-state index < -0.39 is 0 Å². The number of carbonyl (C=O) groups is 1. The van der Waals surface area contributed by atoms with E-state index >= 15 is 0 Å². The van der Waals surface area contributed by atoms with Gasteiger partial charge in [0.15, 0.2) is 11.5 Å². The number of nitrogens with zero attached hydrogens (tertiary/aromatic N) is 1. The highest BCUT2D eigenvalue weighted by atomic mass is 35.5. The third-order valence-corrected chi connectivity index (χ3v) is 6.62. The van der Waals surface area contributed by atoms with Crippen molar-refractivity contribution in [3.05, 3.63) is 52.0 Å². The van der Waals surface area contributed by atoms with Crippen LogP contribution in [0.2, 0.25) is 10.0 Å². The molecule has 7 heteroatoms. The van der Waals surface area contributed by atoms with E-state index in [0.717, 1.165) is 37.2 Å². The fourth-order valence-corrected chi connectivity index (χ4v) is 4.50. The lowest BCUT2D eigenvalue weighted by atomic mass is 9.98. The Kier molecular flexibility index (Phi) is 6.71. The van der Waals surface area contributed by atoms with Gasteiger partial charge in [-0.25, -0.2) is 0 Å². The molecule has 0 aromatic heterocycles. The van der Waals surface area contributed by atoms with Crippen LogP contribution in [0.1, 0.15) is 30.7 Å². The van der Waals surface area contributed by atoms with Crippen LogP contribution in [0, 0.1) is 5.92 Å². The van der Waals surface area contributed by atoms with Gasteiger partial charge in [-0.1, -0.05) is 29.3 Å². The van der Waals surface area contributed by atoms with Crippen LogP contribution in [-0.4, -0.2) is 39.3 Å². The summed E-state index contributed by atoms with van der Waals surface area (Å²) in [6.07, 6.45) is 3.06. The Hall–Kier alpha value is -1.95. The minimum absolute atomic E-state index is 0.0565. The summed E-state index contributed by atoms with van der Waals surface area (Å²) in [6.45, 7) is 3.32. The van der Waals surface area contributed by atoms with Crippen molar-refractivity contribution in [2.75, 3.05) is 38.3 Å². The number of carbonyl (C=O) groups excluding carboxylic acids is 1. The molecular formula is C23H26Cl2N2O3. The summed E-state index contributed by atoms with van der Waals surface area (Å²) in [6, 6.07) is 11.1. The zero-order chi connectivity index (χ0) is 21.1. The Labute approximate surface area is 187 Å². The van der Waals surface area contributed by atoms with Gasteiger partial charge < -0.3 is 19.7 Å². The lowest BCUT2D eigenvalue weighted by Crippen LogP contribution is -2.33. The summed E-state index contributed by atoms with van der Waals surface area (Å²) >= 11 is 12.2. The number of benzene rings is 2. The van der Waals surface area contributed by atoms with Gasteiger partial charge in [0, 0.05) is 30.8 Å². The number of anilines is 1. The molecule has 160 valence electrons. The molecule has 0 spiro atoms. The number of hydrogen-bond acceptors (Lipinski definition) is 4. The van der Waals surface area contributed by atoms with Gasteiger partial charge in [-0.3, -0.25) is 4.79 Å². The molecule has 2 saturated heterocycles. The maximum atomic E-state index is 13.1. The first-order chi connectivity index (χ1) is 14.6. The van der Waals surface area contributed by atoms with Gasteiger partial charge in [0.25, 0.3) is 0 Å². The smallest absolute Gasteiger partial charge is 0.234 e. The van der Waals surface area contributed by atoms with Crippen LogP contribution in [0.4, 0.5) is 5.69 Å². The molecule has 0 saturated carbocycles. The van der Waals surface area contributed by atoms with E-state index in [-0.39, 0.29) is 11.8 Å². The van der Waals surface area contributed by atoms with Gasteiger partial charge in [-0.2, -0.15) is 0 Å². The quantitative estimate of drug-likeness (QED) is 0.682. The summed E-state index contributed by atoms with van der Waals surface area (Å²) in [4.78, 5) is 15.0. The lowest BCUT2D eigenvalue weighted by Gasteiger charge is -2.24. The maximum absolute atomic E-state index is 13.1. The number of rotatable bonds is 6. The molecule has 4 rings (SSSR count). The number of nitrogens with one attached hydrogen (secondary N) is 1. The van der Waals surface area contributed by atoms with E-state index in [1.807, 2.05) is 29.2 Å². The molecule has 30 heavy (non-hydrogen) atoms. The minimum Gasteiger partial charge on any atom is -0.493 e. The average Bonchev–Trinajstić information content (AvgIpc) is 3.16. The van der Waals surface area contributed by atoms with Crippen molar-refractivity contribution in [3.8, 4) is 11.5 Å². The van der Waals surface area contributed by atoms with Gasteiger partial charge in [0.05, 0.1) is 29.7 Å². The summed E-state index contributed by atoms with van der Waals surface area (Å²) in [7, 11) is 1.63. The first-order valence-corrected chi connectivity index (χ1v) is 11.1. The number of ether oxygens (including phenoxy) is 2. The first kappa shape index (κ1) is 21.3. The monoisotopic (exact) mass is 448 g/mol. The van der Waals surface area contributed by atoms with Crippen molar-refractivity contribution in [2.45, 2.75) is 25.2 Å². The topological polar surface area (TPSA) is 50.8 Å². The van der Waals surface area contributed by atoms with Crippen LogP contribution < -0.4 is 19.7 Å². The summed E-state index contributed by atoms with van der Waals surface area (Å²) < 4.78 is 11.6. The molecular weight excluding hydrogens is 423 g/mol. The lowest BCUT2D eigenvalue weighted by molar-refractivity contribution is -0.118. The molecule has 5 nitrogen and oxygen atoms in total. The average molecular weight is 449 g/mol. The molecule has 0 bridgehead atoms. The van der Waals surface area contributed by atoms with E-state index in [0.29, 0.717) is 40.6 Å². The fraction of sp³-hybridized carbons (Fsp3) is 0.435. The highest BCUT2D eigenvalue weighted by molar-refractivity contribution is 6.42. The number of piperidine rings is 1. The minimum atomic E-state index is -0.223. The van der Waals surface area contributed by atoms with Gasteiger partial charge in [0.2, 0.25) is 5.91 Å². The number of amides is 1. The predicted octanol–water partition coefficient (Wildman–Crippen LogP) is 4.90. The van der Waals surface area contributed by atoms with Crippen LogP contribution in [0.3, 0.4) is 0 Å². The van der Waals surface area contributed by atoms with Gasteiger partial charge in [0.1, 0.15) is 0 Å². The Balaban J connectivity index is 1.50. The molecule has 0 aliphatic carbocycles. The summed E-state index contributed by atoms with van der Waals surface area (Å²) in [5, 5.41) is 4.37. The Bertz CT molecular complexity index is 915. The zero-order valence-corrected chi connectivity index (χ0v) is 18.5. The molecule has 2 unspecified atom stereocenters. The molecule has 2 aliphatic rings. The highest BCUT2D eigenvalue weighted by Crippen LogP contribution is 2.38. The third kappa shape index (κ3) is 4.53. The van der Waals surface area contributed by atoms with Crippen molar-refractivity contribution in [1.82, 2.24) is 5.32 Å². The number of methoxy groups -OCH3 is 1. The van der Waals surface area contributed by atoms with E-state index in [9.17, 15) is 4.79 Å². The van der Waals surface area contributed by atoms with Crippen LogP contribution in [0.25, 0.3) is 0 Å². The van der Waals surface area contributed by atoms with Gasteiger partial charge in [-0.15, -0.1) is 0 Å². The second-order valence-corrected chi connectivity index (χ2v) is 8.68. The van der Waals surface area contributed by atoms with E-state index in [1.54, 1.807) is 19.2 Å². The van der Waals surface area contributed by atoms with Crippen LogP contribution in [0.15, 0.2) is 36.4 Å². The van der Waals surface area contributed by atoms with Crippen molar-refractivity contribution >= 4 is 34.8 Å². The van der Waals surface area contributed by atoms with Crippen LogP contribution in [0.5, 0.6) is 11.5 Å². The number of hydrogen-bond donors (Lipinski definition) is 1. The standard InChI is InChI=1S/C23H26Cl2N2O3/c1-29-21-7-5-17(12-22(21)30-14-15-3-2-9-26-13-15)27-10-8-18(23(27)28)16-4-6-19(24)20(25)11-16/h4-7,11-12,15,18,26H,2-3,8-10,13-14H2,1H3. The molecule has 0 radical (unpaired) electrons. The van der Waals surface area contributed by atoms with Crippen molar-refractivity contribution in [1.29, 1.82) is 0 Å². The molecule has 2 aliphatic heterocycles. The molecule has 2 heterocycles. The molecule has 1 amide bonds. The van der Waals surface area contributed by atoms with E-state index in [4.69, 9.17) is 32.7 Å².